The Morgan fingerprint density at radius 2 is 1.70 bits per heavy atom. The van der Waals surface area contributed by atoms with E-state index in [9.17, 15) is 18.0 Å². The van der Waals surface area contributed by atoms with Crippen molar-refractivity contribution in [2.45, 2.75) is 52.1 Å². The van der Waals surface area contributed by atoms with E-state index >= 15 is 0 Å². The summed E-state index contributed by atoms with van der Waals surface area (Å²) in [6.45, 7) is 5.90. The van der Waals surface area contributed by atoms with Gasteiger partial charge in [-0.15, -0.1) is 0 Å². The lowest BCUT2D eigenvalue weighted by Gasteiger charge is -2.41. The zero-order valence-electron chi connectivity index (χ0n) is 21.0. The summed E-state index contributed by atoms with van der Waals surface area (Å²) >= 11 is 0. The largest absolute Gasteiger partial charge is 0.327 e. The smallest absolute Gasteiger partial charge is 0.256 e. The van der Waals surface area contributed by atoms with E-state index in [1.807, 2.05) is 43.9 Å². The van der Waals surface area contributed by atoms with Crippen LogP contribution in [0.5, 0.6) is 0 Å². The van der Waals surface area contributed by atoms with E-state index in [4.69, 9.17) is 5.10 Å². The summed E-state index contributed by atoms with van der Waals surface area (Å²) in [7, 11) is 1.69. The second kappa shape index (κ2) is 9.49. The van der Waals surface area contributed by atoms with Crippen LogP contribution in [-0.4, -0.2) is 41.6 Å². The molecular weight excluding hydrogens is 481 g/mol. The third-order valence-electron chi connectivity index (χ3n) is 7.03. The molecule has 1 aliphatic rings. The van der Waals surface area contributed by atoms with E-state index in [-0.39, 0.29) is 23.6 Å². The molecule has 0 saturated heterocycles. The van der Waals surface area contributed by atoms with Gasteiger partial charge in [-0.05, 0) is 50.5 Å². The normalized spacial score (nSPS) is 17.2. The van der Waals surface area contributed by atoms with Crippen LogP contribution in [0.3, 0.4) is 0 Å². The molecule has 3 heterocycles. The van der Waals surface area contributed by atoms with Crippen molar-refractivity contribution in [3.63, 3.8) is 0 Å². The van der Waals surface area contributed by atoms with Gasteiger partial charge in [0.05, 0.1) is 41.1 Å². The molecule has 1 aliphatic heterocycles. The minimum atomic E-state index is -1.50. The Kier molecular flexibility index (Phi) is 6.35. The fraction of sp³-hybridized carbons (Fsp3) is 0.333. The Morgan fingerprint density at radius 3 is 2.32 bits per heavy atom. The van der Waals surface area contributed by atoms with Crippen molar-refractivity contribution in [2.75, 3.05) is 0 Å². The van der Waals surface area contributed by atoms with Gasteiger partial charge >= 0.3 is 0 Å². The number of aryl methyl sites for hydroxylation is 2. The van der Waals surface area contributed by atoms with E-state index in [0.717, 1.165) is 23.3 Å². The van der Waals surface area contributed by atoms with Crippen LogP contribution >= 0.6 is 0 Å². The van der Waals surface area contributed by atoms with Crippen molar-refractivity contribution in [3.8, 4) is 16.9 Å². The molecule has 2 unspecified atom stereocenters. The molecule has 0 radical (unpaired) electrons. The van der Waals surface area contributed by atoms with Gasteiger partial charge < -0.3 is 4.90 Å². The summed E-state index contributed by atoms with van der Waals surface area (Å²) in [6, 6.07) is 7.00. The Morgan fingerprint density at radius 1 is 1.03 bits per heavy atom. The summed E-state index contributed by atoms with van der Waals surface area (Å²) in [5.41, 5.74) is 4.21. The maximum Gasteiger partial charge on any atom is 0.256 e. The highest BCUT2D eigenvalue weighted by molar-refractivity contribution is 5.98. The van der Waals surface area contributed by atoms with Gasteiger partial charge in [0, 0.05) is 24.2 Å². The van der Waals surface area contributed by atoms with Crippen LogP contribution < -0.4 is 0 Å². The molecule has 10 heteroatoms. The lowest BCUT2D eigenvalue weighted by molar-refractivity contribution is 0.0512. The van der Waals surface area contributed by atoms with Crippen LogP contribution in [0.15, 0.2) is 42.7 Å². The van der Waals surface area contributed by atoms with Gasteiger partial charge in [-0.25, -0.2) is 13.2 Å². The third kappa shape index (κ3) is 4.10. The van der Waals surface area contributed by atoms with Crippen LogP contribution in [0.4, 0.5) is 13.2 Å². The highest BCUT2D eigenvalue weighted by Gasteiger charge is 2.41. The zero-order valence-corrected chi connectivity index (χ0v) is 21.0. The molecule has 0 fully saturated rings. The van der Waals surface area contributed by atoms with E-state index < -0.39 is 17.5 Å². The number of hydrogen-bond donors (Lipinski definition) is 0. The van der Waals surface area contributed by atoms with Crippen LogP contribution in [0, 0.1) is 24.4 Å². The first-order chi connectivity index (χ1) is 17.7. The summed E-state index contributed by atoms with van der Waals surface area (Å²) in [6.07, 6.45) is 4.80. The second-order valence-corrected chi connectivity index (χ2v) is 9.33. The average molecular weight is 509 g/mol. The Balaban J connectivity index is 1.63. The van der Waals surface area contributed by atoms with E-state index in [2.05, 4.69) is 10.2 Å². The molecule has 0 saturated carbocycles. The molecule has 1 amide bonds. The van der Waals surface area contributed by atoms with Crippen molar-refractivity contribution in [2.24, 2.45) is 7.05 Å². The molecule has 5 rings (SSSR count). The van der Waals surface area contributed by atoms with Crippen LogP contribution in [0.25, 0.3) is 16.9 Å². The Labute approximate surface area is 212 Å². The summed E-state index contributed by atoms with van der Waals surface area (Å²) in [4.78, 5) is 17.5. The Hall–Kier alpha value is -3.95. The van der Waals surface area contributed by atoms with Gasteiger partial charge in [-0.3, -0.25) is 9.48 Å². The number of rotatable bonds is 5. The number of benzene rings is 2. The maximum atomic E-state index is 14.2. The summed E-state index contributed by atoms with van der Waals surface area (Å²) < 4.78 is 43.5. The minimum Gasteiger partial charge on any atom is -0.327 e. The van der Waals surface area contributed by atoms with E-state index in [1.165, 1.54) is 4.80 Å². The number of fused-ring (bicyclic) bond motifs is 1. The molecule has 0 spiro atoms. The molecule has 192 valence electrons. The van der Waals surface area contributed by atoms with Gasteiger partial charge in [0.2, 0.25) is 0 Å². The van der Waals surface area contributed by atoms with Gasteiger partial charge in [0.15, 0.2) is 17.5 Å². The van der Waals surface area contributed by atoms with E-state index in [1.54, 1.807) is 24.1 Å². The molecular formula is C27H27F3N6O. The fourth-order valence-corrected chi connectivity index (χ4v) is 5.34. The predicted molar refractivity (Wildman–Crippen MR) is 132 cm³/mol. The first-order valence-electron chi connectivity index (χ1n) is 12.3. The highest BCUT2D eigenvalue weighted by Crippen LogP contribution is 2.41. The van der Waals surface area contributed by atoms with Gasteiger partial charge in [-0.2, -0.15) is 20.1 Å². The van der Waals surface area contributed by atoms with Gasteiger partial charge in [0.1, 0.15) is 0 Å². The SMILES string of the molecule is CCC1Cc2c(nn(C)c2-c2cc(F)c(F)c(F)c2)C(CC)N1C(=O)c1cc(C)ccc1-n1nccn1. The number of nitrogens with zero attached hydrogens (tertiary/aromatic N) is 6. The molecule has 7 nitrogen and oxygen atoms in total. The van der Waals surface area contributed by atoms with Crippen LogP contribution in [0.2, 0.25) is 0 Å². The number of hydrogen-bond acceptors (Lipinski definition) is 4. The average Bonchev–Trinajstić information content (AvgIpc) is 3.52. The summed E-state index contributed by atoms with van der Waals surface area (Å²) in [5.74, 6) is -4.17. The maximum absolute atomic E-state index is 14.2. The molecule has 2 aromatic heterocycles. The highest BCUT2D eigenvalue weighted by atomic mass is 19.2. The lowest BCUT2D eigenvalue weighted by Crippen LogP contribution is -2.47. The molecule has 0 aliphatic carbocycles. The monoisotopic (exact) mass is 508 g/mol. The zero-order chi connectivity index (χ0) is 26.4. The van der Waals surface area contributed by atoms with Crippen molar-refractivity contribution in [1.82, 2.24) is 29.7 Å². The molecule has 0 N–H and O–H groups in total. The standard InChI is InChI=1S/C27H27F3N6O/c1-5-17-14-19-25(33-34(4)26(19)16-12-20(28)24(30)21(29)13-16)22(6-2)35(17)27(37)18-11-15(3)7-8-23(18)36-31-9-10-32-36/h7-13,17,22H,5-6,14H2,1-4H3. The van der Waals surface area contributed by atoms with E-state index in [0.29, 0.717) is 41.9 Å². The number of carbonyl (C=O) groups is 1. The first-order valence-corrected chi connectivity index (χ1v) is 12.3. The third-order valence-corrected chi connectivity index (χ3v) is 7.03. The molecule has 2 atom stereocenters. The fourth-order valence-electron chi connectivity index (χ4n) is 5.34. The lowest BCUT2D eigenvalue weighted by atomic mass is 9.87. The topological polar surface area (TPSA) is 68.8 Å². The van der Waals surface area contributed by atoms with Crippen molar-refractivity contribution in [3.05, 3.63) is 82.6 Å². The Bertz CT molecular complexity index is 1460. The van der Waals surface area contributed by atoms with Crippen LogP contribution in [0.1, 0.15) is 59.9 Å². The molecule has 2 aromatic carbocycles. The number of amides is 1. The van der Waals surface area contributed by atoms with Gasteiger partial charge in [0.25, 0.3) is 5.91 Å². The number of carbonyl (C=O) groups excluding carboxylic acids is 1. The van der Waals surface area contributed by atoms with Crippen LogP contribution in [-0.2, 0) is 13.5 Å². The summed E-state index contributed by atoms with van der Waals surface area (Å²) in [5, 5.41) is 13.1. The van der Waals surface area contributed by atoms with Crippen molar-refractivity contribution in [1.29, 1.82) is 0 Å². The predicted octanol–water partition coefficient (Wildman–Crippen LogP) is 5.32. The van der Waals surface area contributed by atoms with Gasteiger partial charge in [-0.1, -0.05) is 25.5 Å². The molecule has 4 aromatic rings. The number of aromatic nitrogens is 5. The first kappa shape index (κ1) is 24.7. The van der Waals surface area contributed by atoms with Crippen molar-refractivity contribution < 1.29 is 18.0 Å². The second-order valence-electron chi connectivity index (χ2n) is 9.33. The molecule has 37 heavy (non-hydrogen) atoms. The molecule has 0 bridgehead atoms. The van der Waals surface area contributed by atoms with Crippen molar-refractivity contribution >= 4 is 5.91 Å². The quantitative estimate of drug-likeness (QED) is 0.342. The number of halogens is 3. The minimum absolute atomic E-state index is 0.161.